The van der Waals surface area contributed by atoms with Crippen molar-refractivity contribution < 1.29 is 4.74 Å². The molecule has 0 radical (unpaired) electrons. The largest absolute Gasteiger partial charge is 0.496 e. The van der Waals surface area contributed by atoms with Gasteiger partial charge < -0.3 is 15.4 Å². The number of nitrogens with one attached hydrogen (secondary N) is 2. The van der Waals surface area contributed by atoms with E-state index in [2.05, 4.69) is 39.7 Å². The number of benzene rings is 2. The molecule has 0 saturated heterocycles. The van der Waals surface area contributed by atoms with E-state index in [1.807, 2.05) is 42.5 Å². The maximum atomic E-state index is 5.38. The van der Waals surface area contributed by atoms with Crippen LogP contribution in [0.1, 0.15) is 11.1 Å². The van der Waals surface area contributed by atoms with Gasteiger partial charge in [0.2, 0.25) is 5.95 Å². The molecule has 3 rings (SSSR count). The highest BCUT2D eigenvalue weighted by molar-refractivity contribution is 5.60. The summed E-state index contributed by atoms with van der Waals surface area (Å²) in [5.74, 6) is 2.28. The van der Waals surface area contributed by atoms with Crippen LogP contribution in [0.3, 0.4) is 0 Å². The Kier molecular flexibility index (Phi) is 5.46. The molecule has 2 N–H and O–H groups in total. The second-order valence-electron chi connectivity index (χ2n) is 5.69. The lowest BCUT2D eigenvalue weighted by Gasteiger charge is -2.11. The van der Waals surface area contributed by atoms with Crippen molar-refractivity contribution >= 4 is 17.5 Å². The van der Waals surface area contributed by atoms with Gasteiger partial charge in [0.15, 0.2) is 0 Å². The highest BCUT2D eigenvalue weighted by Crippen LogP contribution is 2.20. The van der Waals surface area contributed by atoms with E-state index in [0.717, 1.165) is 35.8 Å². The molecule has 5 nitrogen and oxygen atoms in total. The van der Waals surface area contributed by atoms with Gasteiger partial charge in [0, 0.05) is 18.4 Å². The molecule has 0 aliphatic carbocycles. The number of rotatable bonds is 7. The molecule has 0 spiro atoms. The van der Waals surface area contributed by atoms with E-state index in [0.29, 0.717) is 5.95 Å². The number of para-hydroxylation sites is 2. The minimum atomic E-state index is 0.605. The summed E-state index contributed by atoms with van der Waals surface area (Å²) in [4.78, 5) is 8.80. The zero-order chi connectivity index (χ0) is 17.5. The second-order valence-corrected chi connectivity index (χ2v) is 5.69. The maximum Gasteiger partial charge on any atom is 0.224 e. The molecule has 0 fully saturated rings. The van der Waals surface area contributed by atoms with Gasteiger partial charge in [-0.2, -0.15) is 4.98 Å². The minimum absolute atomic E-state index is 0.605. The molecule has 5 heteroatoms. The lowest BCUT2D eigenvalue weighted by Crippen LogP contribution is -2.09. The van der Waals surface area contributed by atoms with Gasteiger partial charge >= 0.3 is 0 Å². The first-order valence-corrected chi connectivity index (χ1v) is 8.28. The molecule has 0 aliphatic rings. The summed E-state index contributed by atoms with van der Waals surface area (Å²) < 4.78 is 5.38. The molecule has 3 aromatic rings. The summed E-state index contributed by atoms with van der Waals surface area (Å²) in [6, 6.07) is 18.0. The van der Waals surface area contributed by atoms with Gasteiger partial charge in [-0.05, 0) is 42.7 Å². The number of ether oxygens (including phenoxy) is 1. The van der Waals surface area contributed by atoms with Gasteiger partial charge in [0.1, 0.15) is 11.6 Å². The monoisotopic (exact) mass is 334 g/mol. The van der Waals surface area contributed by atoms with Crippen LogP contribution in [-0.4, -0.2) is 23.6 Å². The third-order valence-electron chi connectivity index (χ3n) is 3.93. The Balaban J connectivity index is 1.61. The highest BCUT2D eigenvalue weighted by Gasteiger charge is 2.04. The van der Waals surface area contributed by atoms with E-state index in [1.165, 1.54) is 5.56 Å². The summed E-state index contributed by atoms with van der Waals surface area (Å²) in [6.07, 6.45) is 2.59. The Morgan fingerprint density at radius 2 is 1.80 bits per heavy atom. The van der Waals surface area contributed by atoms with Crippen LogP contribution in [0.2, 0.25) is 0 Å². The number of nitrogens with zero attached hydrogens (tertiary/aromatic N) is 2. The van der Waals surface area contributed by atoms with Crippen LogP contribution in [0.15, 0.2) is 60.8 Å². The van der Waals surface area contributed by atoms with Crippen molar-refractivity contribution in [2.75, 3.05) is 24.3 Å². The Morgan fingerprint density at radius 3 is 2.64 bits per heavy atom. The first-order valence-electron chi connectivity index (χ1n) is 8.28. The Bertz CT molecular complexity index is 835. The molecule has 1 aromatic heterocycles. The second kappa shape index (κ2) is 8.15. The van der Waals surface area contributed by atoms with Crippen molar-refractivity contribution in [3.05, 3.63) is 71.9 Å². The molecule has 128 valence electrons. The normalized spacial score (nSPS) is 10.3. The number of hydrogen-bond donors (Lipinski definition) is 2. The average Bonchev–Trinajstić information content (AvgIpc) is 2.64. The van der Waals surface area contributed by atoms with Crippen LogP contribution < -0.4 is 15.4 Å². The first-order chi connectivity index (χ1) is 12.3. The van der Waals surface area contributed by atoms with Crippen LogP contribution >= 0.6 is 0 Å². The summed E-state index contributed by atoms with van der Waals surface area (Å²) >= 11 is 0. The third-order valence-corrected chi connectivity index (χ3v) is 3.93. The first kappa shape index (κ1) is 16.8. The van der Waals surface area contributed by atoms with Crippen LogP contribution in [0.5, 0.6) is 5.75 Å². The van der Waals surface area contributed by atoms with Gasteiger partial charge in [-0.1, -0.05) is 36.4 Å². The number of hydrogen-bond acceptors (Lipinski definition) is 5. The summed E-state index contributed by atoms with van der Waals surface area (Å²) in [6.45, 7) is 2.80. The molecule has 0 amide bonds. The van der Waals surface area contributed by atoms with Gasteiger partial charge in [0.25, 0.3) is 0 Å². The molecule has 0 unspecified atom stereocenters. The average molecular weight is 334 g/mol. The van der Waals surface area contributed by atoms with E-state index in [4.69, 9.17) is 4.74 Å². The van der Waals surface area contributed by atoms with E-state index in [9.17, 15) is 0 Å². The van der Waals surface area contributed by atoms with Gasteiger partial charge in [0.05, 0.1) is 7.11 Å². The Hall–Kier alpha value is -3.08. The van der Waals surface area contributed by atoms with Crippen LogP contribution in [0.4, 0.5) is 17.5 Å². The standard InChI is InChI=1S/C20H22N4O/c1-15-7-3-5-9-17(15)23-19-12-14-22-20(24-19)21-13-11-16-8-4-6-10-18(16)25-2/h3-10,12,14H,11,13H2,1-2H3,(H2,21,22,23,24). The van der Waals surface area contributed by atoms with Crippen molar-refractivity contribution in [1.29, 1.82) is 0 Å². The Morgan fingerprint density at radius 1 is 1.00 bits per heavy atom. The fourth-order valence-corrected chi connectivity index (χ4v) is 2.58. The van der Waals surface area contributed by atoms with Gasteiger partial charge in [-0.25, -0.2) is 4.98 Å². The van der Waals surface area contributed by atoms with Crippen molar-refractivity contribution in [3.63, 3.8) is 0 Å². The van der Waals surface area contributed by atoms with Crippen molar-refractivity contribution in [2.24, 2.45) is 0 Å². The van der Waals surface area contributed by atoms with E-state index < -0.39 is 0 Å². The quantitative estimate of drug-likeness (QED) is 0.678. The molecule has 0 atom stereocenters. The molecule has 0 saturated carbocycles. The predicted octanol–water partition coefficient (Wildman–Crippen LogP) is 4.19. The molecule has 25 heavy (non-hydrogen) atoms. The third kappa shape index (κ3) is 4.47. The van der Waals surface area contributed by atoms with Gasteiger partial charge in [-0.3, -0.25) is 0 Å². The van der Waals surface area contributed by atoms with E-state index in [1.54, 1.807) is 13.3 Å². The zero-order valence-corrected chi connectivity index (χ0v) is 14.5. The topological polar surface area (TPSA) is 59.1 Å². The van der Waals surface area contributed by atoms with E-state index >= 15 is 0 Å². The Labute approximate surface area is 148 Å². The number of aromatic nitrogens is 2. The predicted molar refractivity (Wildman–Crippen MR) is 102 cm³/mol. The summed E-state index contributed by atoms with van der Waals surface area (Å²) in [5.41, 5.74) is 3.37. The van der Waals surface area contributed by atoms with Crippen LogP contribution in [0.25, 0.3) is 0 Å². The van der Waals surface area contributed by atoms with Crippen LogP contribution in [-0.2, 0) is 6.42 Å². The molecule has 0 aliphatic heterocycles. The van der Waals surface area contributed by atoms with Crippen molar-refractivity contribution in [3.8, 4) is 5.75 Å². The minimum Gasteiger partial charge on any atom is -0.496 e. The molecule has 0 bridgehead atoms. The SMILES string of the molecule is COc1ccccc1CCNc1nccc(Nc2ccccc2C)n1. The van der Waals surface area contributed by atoms with Crippen molar-refractivity contribution in [2.45, 2.75) is 13.3 Å². The molecular formula is C20H22N4O. The lowest BCUT2D eigenvalue weighted by atomic mass is 10.1. The number of anilines is 3. The van der Waals surface area contributed by atoms with Crippen molar-refractivity contribution in [1.82, 2.24) is 9.97 Å². The highest BCUT2D eigenvalue weighted by atomic mass is 16.5. The number of methoxy groups -OCH3 is 1. The fraction of sp³-hybridized carbons (Fsp3) is 0.200. The fourth-order valence-electron chi connectivity index (χ4n) is 2.58. The smallest absolute Gasteiger partial charge is 0.224 e. The lowest BCUT2D eigenvalue weighted by molar-refractivity contribution is 0.410. The summed E-state index contributed by atoms with van der Waals surface area (Å²) in [7, 11) is 1.69. The molecule has 1 heterocycles. The summed E-state index contributed by atoms with van der Waals surface area (Å²) in [5, 5.41) is 6.60. The molecule has 2 aromatic carbocycles. The van der Waals surface area contributed by atoms with Gasteiger partial charge in [-0.15, -0.1) is 0 Å². The van der Waals surface area contributed by atoms with Crippen LogP contribution in [0, 0.1) is 6.92 Å². The van der Waals surface area contributed by atoms with E-state index in [-0.39, 0.29) is 0 Å². The number of aryl methyl sites for hydroxylation is 1. The molecular weight excluding hydrogens is 312 g/mol. The zero-order valence-electron chi connectivity index (χ0n) is 14.5. The maximum absolute atomic E-state index is 5.38.